The number of hydrazine groups is 1. The van der Waals surface area contributed by atoms with E-state index in [-0.39, 0.29) is 0 Å². The highest BCUT2D eigenvalue weighted by molar-refractivity contribution is 6.30. The second kappa shape index (κ2) is 5.97. The van der Waals surface area contributed by atoms with Gasteiger partial charge >= 0.3 is 0 Å². The van der Waals surface area contributed by atoms with Gasteiger partial charge in [0.15, 0.2) is 0 Å². The molecule has 6 nitrogen and oxygen atoms in total. The smallest absolute Gasteiger partial charge is 0.272 e. The molecule has 1 aromatic heterocycles. The topological polar surface area (TPSA) is 76.0 Å². The van der Waals surface area contributed by atoms with Gasteiger partial charge in [0.05, 0.1) is 11.3 Å². The Morgan fingerprint density at radius 1 is 1.10 bits per heavy atom. The standard InChI is InChI=1S/C14H15ClN4O2/c1-8-12(9(2)19(3)18-8)14(21)17-16-13(20)10-4-6-11(15)7-5-10/h4-7H,1-3H3,(H,16,20)(H,17,21). The molecule has 0 fully saturated rings. The van der Waals surface area contributed by atoms with E-state index in [0.29, 0.717) is 21.8 Å². The van der Waals surface area contributed by atoms with Gasteiger partial charge < -0.3 is 0 Å². The van der Waals surface area contributed by atoms with Crippen LogP contribution in [0, 0.1) is 13.8 Å². The van der Waals surface area contributed by atoms with Crippen LogP contribution in [-0.4, -0.2) is 21.6 Å². The van der Waals surface area contributed by atoms with Crippen molar-refractivity contribution >= 4 is 23.4 Å². The maximum Gasteiger partial charge on any atom is 0.273 e. The van der Waals surface area contributed by atoms with E-state index in [0.717, 1.165) is 5.69 Å². The molecular formula is C14H15ClN4O2. The first-order chi connectivity index (χ1) is 9.90. The Morgan fingerprint density at radius 3 is 2.19 bits per heavy atom. The molecule has 0 aliphatic carbocycles. The molecule has 21 heavy (non-hydrogen) atoms. The van der Waals surface area contributed by atoms with Crippen LogP contribution in [0.3, 0.4) is 0 Å². The van der Waals surface area contributed by atoms with Gasteiger partial charge in [0.2, 0.25) is 0 Å². The molecule has 7 heteroatoms. The van der Waals surface area contributed by atoms with Crippen LogP contribution in [0.15, 0.2) is 24.3 Å². The summed E-state index contributed by atoms with van der Waals surface area (Å²) in [5.74, 6) is -0.820. The summed E-state index contributed by atoms with van der Waals surface area (Å²) in [5.41, 5.74) is 6.93. The van der Waals surface area contributed by atoms with E-state index in [1.165, 1.54) is 0 Å². The first-order valence-corrected chi connectivity index (χ1v) is 6.64. The van der Waals surface area contributed by atoms with Crippen molar-refractivity contribution < 1.29 is 9.59 Å². The highest BCUT2D eigenvalue weighted by atomic mass is 35.5. The molecule has 0 saturated heterocycles. The highest BCUT2D eigenvalue weighted by Gasteiger charge is 2.17. The number of benzene rings is 1. The summed E-state index contributed by atoms with van der Waals surface area (Å²) in [5, 5.41) is 4.69. The lowest BCUT2D eigenvalue weighted by atomic mass is 10.2. The molecule has 110 valence electrons. The molecule has 1 heterocycles. The predicted octanol–water partition coefficient (Wildman–Crippen LogP) is 1.77. The summed E-state index contributed by atoms with van der Waals surface area (Å²) in [6.45, 7) is 3.53. The Bertz CT molecular complexity index is 692. The molecular weight excluding hydrogens is 292 g/mol. The van der Waals surface area contributed by atoms with Crippen molar-refractivity contribution in [2.75, 3.05) is 0 Å². The Labute approximate surface area is 127 Å². The fraction of sp³-hybridized carbons (Fsp3) is 0.214. The fourth-order valence-corrected chi connectivity index (χ4v) is 2.08. The number of amides is 2. The van der Waals surface area contributed by atoms with Gasteiger partial charge in [-0.2, -0.15) is 5.10 Å². The summed E-state index contributed by atoms with van der Waals surface area (Å²) in [6, 6.07) is 6.36. The van der Waals surface area contributed by atoms with Gasteiger partial charge in [0.1, 0.15) is 0 Å². The normalized spacial score (nSPS) is 10.3. The van der Waals surface area contributed by atoms with Crippen LogP contribution in [-0.2, 0) is 7.05 Å². The van der Waals surface area contributed by atoms with Crippen molar-refractivity contribution in [3.8, 4) is 0 Å². The van der Waals surface area contributed by atoms with Crippen LogP contribution in [0.1, 0.15) is 32.1 Å². The first-order valence-electron chi connectivity index (χ1n) is 6.26. The van der Waals surface area contributed by atoms with Crippen molar-refractivity contribution in [3.63, 3.8) is 0 Å². The van der Waals surface area contributed by atoms with Gasteiger partial charge in [-0.25, -0.2) is 0 Å². The van der Waals surface area contributed by atoms with Gasteiger partial charge in [-0.1, -0.05) is 11.6 Å². The van der Waals surface area contributed by atoms with E-state index in [1.807, 2.05) is 0 Å². The van der Waals surface area contributed by atoms with Gasteiger partial charge in [0, 0.05) is 23.3 Å². The number of nitrogens with one attached hydrogen (secondary N) is 2. The monoisotopic (exact) mass is 306 g/mol. The van der Waals surface area contributed by atoms with Gasteiger partial charge in [0.25, 0.3) is 11.8 Å². The number of nitrogens with zero attached hydrogens (tertiary/aromatic N) is 2. The summed E-state index contributed by atoms with van der Waals surface area (Å²) >= 11 is 5.75. The van der Waals surface area contributed by atoms with Crippen LogP contribution in [0.5, 0.6) is 0 Å². The van der Waals surface area contributed by atoms with E-state index >= 15 is 0 Å². The molecule has 0 bridgehead atoms. The van der Waals surface area contributed by atoms with Crippen LogP contribution in [0.4, 0.5) is 0 Å². The lowest BCUT2D eigenvalue weighted by molar-refractivity contribution is 0.0846. The molecule has 2 aromatic rings. The van der Waals surface area contributed by atoms with Gasteiger partial charge in [-0.3, -0.25) is 25.1 Å². The molecule has 0 spiro atoms. The van der Waals surface area contributed by atoms with Crippen LogP contribution < -0.4 is 10.9 Å². The minimum absolute atomic E-state index is 0.402. The average molecular weight is 307 g/mol. The van der Waals surface area contributed by atoms with Crippen molar-refractivity contribution in [3.05, 3.63) is 51.8 Å². The Hall–Kier alpha value is -2.34. The molecule has 0 aliphatic heterocycles. The minimum Gasteiger partial charge on any atom is -0.272 e. The fourth-order valence-electron chi connectivity index (χ4n) is 1.95. The summed E-state index contributed by atoms with van der Waals surface area (Å²) in [7, 11) is 1.76. The second-order valence-electron chi connectivity index (χ2n) is 4.58. The number of carbonyl (C=O) groups is 2. The first kappa shape index (κ1) is 15.1. The van der Waals surface area contributed by atoms with E-state index in [4.69, 9.17) is 11.6 Å². The molecule has 0 aliphatic rings. The second-order valence-corrected chi connectivity index (χ2v) is 5.02. The number of halogens is 1. The van der Waals surface area contributed by atoms with Crippen molar-refractivity contribution in [2.24, 2.45) is 7.05 Å². The maximum absolute atomic E-state index is 12.1. The quantitative estimate of drug-likeness (QED) is 0.830. The Balaban J connectivity index is 2.04. The number of aryl methyl sites for hydroxylation is 2. The van der Waals surface area contributed by atoms with E-state index in [2.05, 4.69) is 16.0 Å². The third kappa shape index (κ3) is 3.22. The zero-order chi connectivity index (χ0) is 15.6. The van der Waals surface area contributed by atoms with E-state index in [9.17, 15) is 9.59 Å². The van der Waals surface area contributed by atoms with Gasteiger partial charge in [-0.15, -0.1) is 0 Å². The number of hydrogen-bond donors (Lipinski definition) is 2. The minimum atomic E-state index is -0.417. The molecule has 0 atom stereocenters. The van der Waals surface area contributed by atoms with Crippen molar-refractivity contribution in [1.29, 1.82) is 0 Å². The zero-order valence-corrected chi connectivity index (χ0v) is 12.7. The van der Waals surface area contributed by atoms with E-state index in [1.54, 1.807) is 49.8 Å². The third-order valence-electron chi connectivity index (χ3n) is 3.13. The molecule has 0 radical (unpaired) electrons. The maximum atomic E-state index is 12.1. The highest BCUT2D eigenvalue weighted by Crippen LogP contribution is 2.11. The molecule has 0 unspecified atom stereocenters. The molecule has 0 saturated carbocycles. The molecule has 1 aromatic carbocycles. The van der Waals surface area contributed by atoms with Crippen molar-refractivity contribution in [1.82, 2.24) is 20.6 Å². The summed E-state index contributed by atoms with van der Waals surface area (Å²) < 4.78 is 1.62. The summed E-state index contributed by atoms with van der Waals surface area (Å²) in [4.78, 5) is 24.0. The molecule has 2 rings (SSSR count). The predicted molar refractivity (Wildman–Crippen MR) is 79.1 cm³/mol. The number of hydrogen-bond acceptors (Lipinski definition) is 3. The molecule has 2 N–H and O–H groups in total. The van der Waals surface area contributed by atoms with Crippen LogP contribution >= 0.6 is 11.6 Å². The molecule has 2 amide bonds. The number of carbonyl (C=O) groups excluding carboxylic acids is 2. The lowest BCUT2D eigenvalue weighted by Gasteiger charge is -2.07. The lowest BCUT2D eigenvalue weighted by Crippen LogP contribution is -2.42. The third-order valence-corrected chi connectivity index (χ3v) is 3.38. The summed E-state index contributed by atoms with van der Waals surface area (Å²) in [6.07, 6.45) is 0. The van der Waals surface area contributed by atoms with Gasteiger partial charge in [-0.05, 0) is 38.1 Å². The number of aromatic nitrogens is 2. The largest absolute Gasteiger partial charge is 0.273 e. The van der Waals surface area contributed by atoms with Crippen LogP contribution in [0.2, 0.25) is 5.02 Å². The van der Waals surface area contributed by atoms with Crippen LogP contribution in [0.25, 0.3) is 0 Å². The SMILES string of the molecule is Cc1nn(C)c(C)c1C(=O)NNC(=O)c1ccc(Cl)cc1. The van der Waals surface area contributed by atoms with E-state index < -0.39 is 11.8 Å². The number of rotatable bonds is 2. The average Bonchev–Trinajstić information content (AvgIpc) is 2.70. The van der Waals surface area contributed by atoms with Crippen molar-refractivity contribution in [2.45, 2.75) is 13.8 Å². The zero-order valence-electron chi connectivity index (χ0n) is 11.9. The Morgan fingerprint density at radius 2 is 1.67 bits per heavy atom. The Kier molecular flexibility index (Phi) is 4.28.